The second-order valence-corrected chi connectivity index (χ2v) is 4.23. The minimum atomic E-state index is -0.631. The molecule has 0 heterocycles. The zero-order valence-corrected chi connectivity index (χ0v) is 9.74. The van der Waals surface area contributed by atoms with Crippen LogP contribution in [0, 0.1) is 11.6 Å². The van der Waals surface area contributed by atoms with Gasteiger partial charge < -0.3 is 5.32 Å². The van der Waals surface area contributed by atoms with Gasteiger partial charge in [0, 0.05) is 17.5 Å². The summed E-state index contributed by atoms with van der Waals surface area (Å²) in [7, 11) is 0. The molecule has 1 amide bonds. The Morgan fingerprint density at radius 3 is 2.81 bits per heavy atom. The van der Waals surface area contributed by atoms with Gasteiger partial charge in [-0.3, -0.25) is 4.79 Å². The summed E-state index contributed by atoms with van der Waals surface area (Å²) in [5.74, 6) is -1.25. The van der Waals surface area contributed by atoms with E-state index in [0.717, 1.165) is 24.2 Å². The van der Waals surface area contributed by atoms with E-state index >= 15 is 0 Å². The number of rotatable bonds is 5. The van der Waals surface area contributed by atoms with Gasteiger partial charge in [0.1, 0.15) is 11.6 Å². The van der Waals surface area contributed by atoms with E-state index in [1.54, 1.807) is 0 Å². The molecule has 0 saturated carbocycles. The first-order chi connectivity index (χ1) is 7.63. The predicted octanol–water partition coefficient (Wildman–Crippen LogP) is 2.58. The summed E-state index contributed by atoms with van der Waals surface area (Å²) in [4.78, 5) is 11.5. The molecule has 0 spiro atoms. The summed E-state index contributed by atoms with van der Waals surface area (Å²) >= 11 is 1.06. The van der Waals surface area contributed by atoms with Crippen LogP contribution in [0.3, 0.4) is 0 Å². The fraction of sp³-hybridized carbons (Fsp3) is 0.364. The summed E-state index contributed by atoms with van der Waals surface area (Å²) in [6, 6.07) is 3.32. The summed E-state index contributed by atoms with van der Waals surface area (Å²) in [5.41, 5.74) is 0. The van der Waals surface area contributed by atoms with Crippen LogP contribution in [-0.4, -0.2) is 18.2 Å². The Balaban J connectivity index is 2.45. The molecule has 16 heavy (non-hydrogen) atoms. The third-order valence-electron chi connectivity index (χ3n) is 1.82. The van der Waals surface area contributed by atoms with Crippen molar-refractivity contribution in [2.24, 2.45) is 0 Å². The highest BCUT2D eigenvalue weighted by atomic mass is 32.2. The number of nitrogens with one attached hydrogen (secondary N) is 1. The molecule has 1 rings (SSSR count). The largest absolute Gasteiger partial charge is 0.355 e. The molecule has 0 aliphatic heterocycles. The second kappa shape index (κ2) is 6.48. The van der Waals surface area contributed by atoms with Crippen LogP contribution in [0.1, 0.15) is 13.3 Å². The predicted molar refractivity (Wildman–Crippen MR) is 60.4 cm³/mol. The normalized spacial score (nSPS) is 10.2. The van der Waals surface area contributed by atoms with Gasteiger partial charge >= 0.3 is 0 Å². The molecular formula is C11H13F2NOS. The van der Waals surface area contributed by atoms with E-state index in [4.69, 9.17) is 0 Å². The lowest BCUT2D eigenvalue weighted by molar-refractivity contribution is -0.118. The molecule has 0 unspecified atom stereocenters. The van der Waals surface area contributed by atoms with Crippen LogP contribution >= 0.6 is 11.8 Å². The van der Waals surface area contributed by atoms with Gasteiger partial charge in [0.05, 0.1) is 5.75 Å². The molecule has 0 bridgehead atoms. The third-order valence-corrected chi connectivity index (χ3v) is 2.87. The lowest BCUT2D eigenvalue weighted by Crippen LogP contribution is -2.25. The molecule has 2 nitrogen and oxygen atoms in total. The number of amides is 1. The third kappa shape index (κ3) is 4.18. The van der Waals surface area contributed by atoms with Gasteiger partial charge in [-0.2, -0.15) is 0 Å². The van der Waals surface area contributed by atoms with E-state index in [2.05, 4.69) is 5.32 Å². The van der Waals surface area contributed by atoms with Gasteiger partial charge in [-0.25, -0.2) is 8.78 Å². The Morgan fingerprint density at radius 1 is 1.44 bits per heavy atom. The number of carbonyl (C=O) groups is 1. The van der Waals surface area contributed by atoms with E-state index < -0.39 is 11.6 Å². The van der Waals surface area contributed by atoms with Crippen molar-refractivity contribution in [1.29, 1.82) is 0 Å². The van der Waals surface area contributed by atoms with Crippen molar-refractivity contribution in [3.8, 4) is 0 Å². The summed E-state index contributed by atoms with van der Waals surface area (Å²) in [6.45, 7) is 2.57. The lowest BCUT2D eigenvalue weighted by atomic mass is 10.3. The smallest absolute Gasteiger partial charge is 0.230 e. The van der Waals surface area contributed by atoms with Crippen molar-refractivity contribution in [2.45, 2.75) is 18.2 Å². The minimum absolute atomic E-state index is 0.141. The number of halogens is 2. The molecule has 0 atom stereocenters. The molecule has 1 N–H and O–H groups in total. The highest BCUT2D eigenvalue weighted by molar-refractivity contribution is 8.00. The molecule has 88 valence electrons. The molecule has 1 aromatic rings. The molecular weight excluding hydrogens is 232 g/mol. The number of benzene rings is 1. The number of thioether (sulfide) groups is 1. The van der Waals surface area contributed by atoms with Crippen LogP contribution in [0.2, 0.25) is 0 Å². The Morgan fingerprint density at radius 2 is 2.19 bits per heavy atom. The van der Waals surface area contributed by atoms with E-state index in [-0.39, 0.29) is 16.6 Å². The van der Waals surface area contributed by atoms with Crippen molar-refractivity contribution in [1.82, 2.24) is 5.32 Å². The van der Waals surface area contributed by atoms with Crippen LogP contribution in [0.25, 0.3) is 0 Å². The maximum atomic E-state index is 13.2. The minimum Gasteiger partial charge on any atom is -0.355 e. The van der Waals surface area contributed by atoms with Crippen LogP contribution in [0.15, 0.2) is 23.1 Å². The van der Waals surface area contributed by atoms with Crippen molar-refractivity contribution >= 4 is 17.7 Å². The number of hydrogen-bond donors (Lipinski definition) is 1. The molecule has 0 saturated heterocycles. The first-order valence-corrected chi connectivity index (χ1v) is 5.96. The van der Waals surface area contributed by atoms with Crippen molar-refractivity contribution < 1.29 is 13.6 Å². The average Bonchev–Trinajstić information content (AvgIpc) is 2.25. The highest BCUT2D eigenvalue weighted by Crippen LogP contribution is 2.21. The van der Waals surface area contributed by atoms with Crippen molar-refractivity contribution in [2.75, 3.05) is 12.3 Å². The summed E-state index contributed by atoms with van der Waals surface area (Å²) in [5, 5.41) is 2.68. The van der Waals surface area contributed by atoms with Crippen molar-refractivity contribution in [3.63, 3.8) is 0 Å². The quantitative estimate of drug-likeness (QED) is 0.808. The Kier molecular flexibility index (Phi) is 5.25. The molecule has 0 aliphatic rings. The maximum absolute atomic E-state index is 13.2. The highest BCUT2D eigenvalue weighted by Gasteiger charge is 2.07. The van der Waals surface area contributed by atoms with Crippen LogP contribution in [-0.2, 0) is 4.79 Å². The number of hydrogen-bond acceptors (Lipinski definition) is 2. The molecule has 1 aromatic carbocycles. The zero-order chi connectivity index (χ0) is 12.0. The van der Waals surface area contributed by atoms with Crippen LogP contribution in [0.5, 0.6) is 0 Å². The van der Waals surface area contributed by atoms with E-state index in [1.165, 1.54) is 12.1 Å². The van der Waals surface area contributed by atoms with Crippen LogP contribution in [0.4, 0.5) is 8.78 Å². The average molecular weight is 245 g/mol. The van der Waals surface area contributed by atoms with E-state index in [9.17, 15) is 13.6 Å². The van der Waals surface area contributed by atoms with Gasteiger partial charge in [0.2, 0.25) is 5.91 Å². The Hall–Kier alpha value is -1.10. The first-order valence-electron chi connectivity index (χ1n) is 4.98. The summed E-state index contributed by atoms with van der Waals surface area (Å²) < 4.78 is 25.7. The molecule has 0 fully saturated rings. The van der Waals surface area contributed by atoms with E-state index in [0.29, 0.717) is 6.54 Å². The SMILES string of the molecule is CCCNC(=O)CSc1ccc(F)cc1F. The summed E-state index contributed by atoms with van der Waals surface area (Å²) in [6.07, 6.45) is 0.862. The molecule has 5 heteroatoms. The number of carbonyl (C=O) groups excluding carboxylic acids is 1. The lowest BCUT2D eigenvalue weighted by Gasteiger charge is -2.04. The van der Waals surface area contributed by atoms with E-state index in [1.807, 2.05) is 6.92 Å². The molecule has 0 radical (unpaired) electrons. The van der Waals surface area contributed by atoms with Gasteiger partial charge in [-0.15, -0.1) is 11.8 Å². The monoisotopic (exact) mass is 245 g/mol. The molecule has 0 aliphatic carbocycles. The standard InChI is InChI=1S/C11H13F2NOS/c1-2-5-14-11(15)7-16-10-4-3-8(12)6-9(10)13/h3-4,6H,2,5,7H2,1H3,(H,14,15). The van der Waals surface area contributed by atoms with Crippen LogP contribution < -0.4 is 5.32 Å². The topological polar surface area (TPSA) is 29.1 Å². The van der Waals surface area contributed by atoms with Gasteiger partial charge in [-0.1, -0.05) is 6.92 Å². The van der Waals surface area contributed by atoms with Gasteiger partial charge in [0.25, 0.3) is 0 Å². The fourth-order valence-corrected chi connectivity index (χ4v) is 1.80. The Bertz CT molecular complexity index is 371. The first kappa shape index (κ1) is 13.0. The van der Waals surface area contributed by atoms with Gasteiger partial charge in [0.15, 0.2) is 0 Å². The second-order valence-electron chi connectivity index (χ2n) is 3.21. The Labute approximate surface area is 97.4 Å². The maximum Gasteiger partial charge on any atom is 0.230 e. The fourth-order valence-electron chi connectivity index (χ4n) is 1.05. The molecule has 0 aromatic heterocycles. The van der Waals surface area contributed by atoms with Crippen molar-refractivity contribution in [3.05, 3.63) is 29.8 Å². The van der Waals surface area contributed by atoms with Gasteiger partial charge in [-0.05, 0) is 18.6 Å². The zero-order valence-electron chi connectivity index (χ0n) is 8.93.